The SMILES string of the molecule is CC(C)(N)C(=O)Nc1nc(C2CC2)c(Cc2cccc(C(F)(F)F)c2)s1. The lowest BCUT2D eigenvalue weighted by Gasteiger charge is -2.16. The molecule has 1 aromatic heterocycles. The van der Waals surface area contributed by atoms with Crippen molar-refractivity contribution in [3.05, 3.63) is 46.0 Å². The van der Waals surface area contributed by atoms with E-state index in [1.807, 2.05) is 0 Å². The van der Waals surface area contributed by atoms with Crippen molar-refractivity contribution in [3.63, 3.8) is 0 Å². The fourth-order valence-electron chi connectivity index (χ4n) is 2.52. The van der Waals surface area contributed by atoms with Gasteiger partial charge in [-0.15, -0.1) is 11.3 Å². The number of carbonyl (C=O) groups excluding carboxylic acids is 1. The summed E-state index contributed by atoms with van der Waals surface area (Å²) in [4.78, 5) is 17.4. The lowest BCUT2D eigenvalue weighted by Crippen LogP contribution is -2.45. The van der Waals surface area contributed by atoms with Gasteiger partial charge < -0.3 is 11.1 Å². The molecule has 0 spiro atoms. The smallest absolute Gasteiger partial charge is 0.318 e. The molecule has 1 aliphatic rings. The fourth-order valence-corrected chi connectivity index (χ4v) is 3.60. The second-order valence-corrected chi connectivity index (χ2v) is 8.24. The predicted molar refractivity (Wildman–Crippen MR) is 95.2 cm³/mol. The molecule has 3 rings (SSSR count). The highest BCUT2D eigenvalue weighted by Crippen LogP contribution is 2.44. The molecule has 0 bridgehead atoms. The zero-order chi connectivity index (χ0) is 19.1. The van der Waals surface area contributed by atoms with E-state index in [-0.39, 0.29) is 5.91 Å². The van der Waals surface area contributed by atoms with Gasteiger partial charge in [0.15, 0.2) is 5.13 Å². The maximum absolute atomic E-state index is 12.9. The zero-order valence-corrected chi connectivity index (χ0v) is 15.3. The summed E-state index contributed by atoms with van der Waals surface area (Å²) in [6.07, 6.45) is -1.99. The van der Waals surface area contributed by atoms with Gasteiger partial charge in [0, 0.05) is 17.2 Å². The molecule has 0 unspecified atom stereocenters. The van der Waals surface area contributed by atoms with Gasteiger partial charge in [-0.3, -0.25) is 4.79 Å². The van der Waals surface area contributed by atoms with Crippen LogP contribution < -0.4 is 11.1 Å². The molecule has 4 nitrogen and oxygen atoms in total. The van der Waals surface area contributed by atoms with E-state index in [1.54, 1.807) is 19.9 Å². The third-order valence-corrected chi connectivity index (χ3v) is 5.10. The van der Waals surface area contributed by atoms with Gasteiger partial charge in [0.25, 0.3) is 0 Å². The first-order valence-electron chi connectivity index (χ1n) is 8.30. The van der Waals surface area contributed by atoms with Crippen LogP contribution in [0.25, 0.3) is 0 Å². The lowest BCUT2D eigenvalue weighted by atomic mass is 10.1. The molecule has 1 heterocycles. The lowest BCUT2D eigenvalue weighted by molar-refractivity contribution is -0.137. The van der Waals surface area contributed by atoms with Gasteiger partial charge in [-0.1, -0.05) is 18.2 Å². The van der Waals surface area contributed by atoms with Gasteiger partial charge in [0.2, 0.25) is 5.91 Å². The summed E-state index contributed by atoms with van der Waals surface area (Å²) in [7, 11) is 0. The number of nitrogens with zero attached hydrogens (tertiary/aromatic N) is 1. The van der Waals surface area contributed by atoms with E-state index in [4.69, 9.17) is 5.73 Å². The van der Waals surface area contributed by atoms with Crippen LogP contribution in [0.3, 0.4) is 0 Å². The Bertz CT molecular complexity index is 820. The molecule has 1 amide bonds. The van der Waals surface area contributed by atoms with Crippen molar-refractivity contribution in [3.8, 4) is 0 Å². The van der Waals surface area contributed by atoms with E-state index in [9.17, 15) is 18.0 Å². The number of carbonyl (C=O) groups is 1. The Labute approximate surface area is 153 Å². The minimum Gasteiger partial charge on any atom is -0.318 e. The number of nitrogens with one attached hydrogen (secondary N) is 1. The molecule has 1 fully saturated rings. The number of hydrogen-bond acceptors (Lipinski definition) is 4. The van der Waals surface area contributed by atoms with Crippen LogP contribution in [0.5, 0.6) is 0 Å². The van der Waals surface area contributed by atoms with E-state index in [1.165, 1.54) is 17.4 Å². The number of amides is 1. The van der Waals surface area contributed by atoms with Crippen LogP contribution in [-0.2, 0) is 17.4 Å². The number of aromatic nitrogens is 1. The maximum Gasteiger partial charge on any atom is 0.416 e. The molecule has 1 aliphatic carbocycles. The number of anilines is 1. The molecule has 3 N–H and O–H groups in total. The molecule has 0 atom stereocenters. The van der Waals surface area contributed by atoms with Crippen molar-refractivity contribution in [2.75, 3.05) is 5.32 Å². The summed E-state index contributed by atoms with van der Waals surface area (Å²) in [5.74, 6) is -0.0252. The van der Waals surface area contributed by atoms with Crippen LogP contribution in [-0.4, -0.2) is 16.4 Å². The highest BCUT2D eigenvalue weighted by Gasteiger charge is 2.32. The molecule has 0 aliphatic heterocycles. The minimum atomic E-state index is -4.37. The van der Waals surface area contributed by atoms with Crippen LogP contribution in [0.1, 0.15) is 54.3 Å². The second-order valence-electron chi connectivity index (χ2n) is 7.15. The average Bonchev–Trinajstić information content (AvgIpc) is 3.29. The van der Waals surface area contributed by atoms with E-state index < -0.39 is 17.3 Å². The number of benzene rings is 1. The first-order valence-corrected chi connectivity index (χ1v) is 9.12. The highest BCUT2D eigenvalue weighted by atomic mass is 32.1. The topological polar surface area (TPSA) is 68.0 Å². The quantitative estimate of drug-likeness (QED) is 0.809. The van der Waals surface area contributed by atoms with Gasteiger partial charge in [0.05, 0.1) is 16.8 Å². The Hall–Kier alpha value is -1.93. The Morgan fingerprint density at radius 2 is 2.04 bits per heavy atom. The van der Waals surface area contributed by atoms with E-state index in [2.05, 4.69) is 10.3 Å². The van der Waals surface area contributed by atoms with Crippen LogP contribution in [0.2, 0.25) is 0 Å². The summed E-state index contributed by atoms with van der Waals surface area (Å²) < 4.78 is 38.7. The Balaban J connectivity index is 1.85. The molecule has 0 saturated heterocycles. The molecular formula is C18H20F3N3OS. The van der Waals surface area contributed by atoms with Crippen molar-refractivity contribution in [2.24, 2.45) is 5.73 Å². The van der Waals surface area contributed by atoms with Crippen LogP contribution in [0, 0.1) is 0 Å². The van der Waals surface area contributed by atoms with Crippen LogP contribution in [0.15, 0.2) is 24.3 Å². The van der Waals surface area contributed by atoms with Gasteiger partial charge in [0.1, 0.15) is 0 Å². The Kier molecular flexibility index (Phi) is 4.83. The predicted octanol–water partition coefficient (Wildman–Crippen LogP) is 4.31. The number of rotatable bonds is 5. The van der Waals surface area contributed by atoms with Gasteiger partial charge >= 0.3 is 6.18 Å². The summed E-state index contributed by atoms with van der Waals surface area (Å²) in [5, 5.41) is 3.15. The standard InChI is InChI=1S/C18H20F3N3OS/c1-17(2,22)15(25)24-16-23-14(11-6-7-11)13(26-16)9-10-4-3-5-12(8-10)18(19,20)21/h3-5,8,11H,6-7,9,22H2,1-2H3,(H,23,24,25). The van der Waals surface area contributed by atoms with Crippen molar-refractivity contribution in [1.82, 2.24) is 4.98 Å². The zero-order valence-electron chi connectivity index (χ0n) is 14.5. The third-order valence-electron chi connectivity index (χ3n) is 4.12. The van der Waals surface area contributed by atoms with Gasteiger partial charge in [-0.2, -0.15) is 13.2 Å². The van der Waals surface area contributed by atoms with E-state index in [0.29, 0.717) is 23.0 Å². The van der Waals surface area contributed by atoms with Gasteiger partial charge in [-0.05, 0) is 38.3 Å². The van der Waals surface area contributed by atoms with Crippen LogP contribution in [0.4, 0.5) is 18.3 Å². The number of halogens is 3. The molecule has 1 saturated carbocycles. The Morgan fingerprint density at radius 3 is 2.62 bits per heavy atom. The normalized spacial score (nSPS) is 15.2. The summed E-state index contributed by atoms with van der Waals surface area (Å²) in [5.41, 5.74) is 5.53. The van der Waals surface area contributed by atoms with Crippen molar-refractivity contribution >= 4 is 22.4 Å². The molecule has 140 valence electrons. The summed E-state index contributed by atoms with van der Waals surface area (Å²) in [6, 6.07) is 5.31. The van der Waals surface area contributed by atoms with Gasteiger partial charge in [-0.25, -0.2) is 4.98 Å². The largest absolute Gasteiger partial charge is 0.416 e. The number of alkyl halides is 3. The highest BCUT2D eigenvalue weighted by molar-refractivity contribution is 7.15. The monoisotopic (exact) mass is 383 g/mol. The van der Waals surface area contributed by atoms with Crippen molar-refractivity contribution in [2.45, 2.75) is 50.7 Å². The molecule has 26 heavy (non-hydrogen) atoms. The Morgan fingerprint density at radius 1 is 1.35 bits per heavy atom. The van der Waals surface area contributed by atoms with E-state index >= 15 is 0 Å². The maximum atomic E-state index is 12.9. The van der Waals surface area contributed by atoms with Crippen molar-refractivity contribution in [1.29, 1.82) is 0 Å². The summed E-state index contributed by atoms with van der Waals surface area (Å²) >= 11 is 1.30. The molecule has 8 heteroatoms. The third kappa shape index (κ3) is 4.42. The molecule has 0 radical (unpaired) electrons. The van der Waals surface area contributed by atoms with E-state index in [0.717, 1.165) is 35.5 Å². The molecule has 2 aromatic rings. The number of nitrogens with two attached hydrogens (primary N) is 1. The molecule has 1 aromatic carbocycles. The second kappa shape index (κ2) is 6.66. The first-order chi connectivity index (χ1) is 12.0. The number of thiazole rings is 1. The average molecular weight is 383 g/mol. The van der Waals surface area contributed by atoms with Crippen molar-refractivity contribution < 1.29 is 18.0 Å². The minimum absolute atomic E-state index is 0.323. The van der Waals surface area contributed by atoms with Crippen LogP contribution >= 0.6 is 11.3 Å². The first kappa shape index (κ1) is 18.8. The summed E-state index contributed by atoms with van der Waals surface area (Å²) in [6.45, 7) is 3.20. The molecular weight excluding hydrogens is 363 g/mol. The fraction of sp³-hybridized carbons (Fsp3) is 0.444. The number of hydrogen-bond donors (Lipinski definition) is 2.